The third kappa shape index (κ3) is 4.27. The summed E-state index contributed by atoms with van der Waals surface area (Å²) in [5.41, 5.74) is -1.17. The number of anilines is 1. The Morgan fingerprint density at radius 1 is 1.12 bits per heavy atom. The molecule has 0 unspecified atom stereocenters. The van der Waals surface area contributed by atoms with Crippen LogP contribution in [-0.2, 0) is 16.0 Å². The number of alkyl halides is 3. The van der Waals surface area contributed by atoms with Gasteiger partial charge in [0.05, 0.1) is 21.3 Å². The van der Waals surface area contributed by atoms with E-state index in [-0.39, 0.29) is 20.6 Å². The van der Waals surface area contributed by atoms with Crippen LogP contribution in [0.3, 0.4) is 0 Å². The number of sulfone groups is 1. The minimum atomic E-state index is -4.60. The van der Waals surface area contributed by atoms with Crippen LogP contribution in [0.15, 0.2) is 51.8 Å². The van der Waals surface area contributed by atoms with Gasteiger partial charge in [0.1, 0.15) is 0 Å². The van der Waals surface area contributed by atoms with Crippen LogP contribution >= 0.6 is 15.9 Å². The summed E-state index contributed by atoms with van der Waals surface area (Å²) >= 11 is 2.82. The molecule has 140 valence electrons. The van der Waals surface area contributed by atoms with Crippen LogP contribution in [0.25, 0.3) is 0 Å². The maximum absolute atomic E-state index is 13.0. The van der Waals surface area contributed by atoms with Crippen molar-refractivity contribution in [1.82, 2.24) is 0 Å². The van der Waals surface area contributed by atoms with Gasteiger partial charge >= 0.3 is 6.18 Å². The number of hydrogen-bond donors (Lipinski definition) is 1. The molecule has 2 aromatic rings. The van der Waals surface area contributed by atoms with Gasteiger partial charge in [-0.3, -0.25) is 4.79 Å². The number of halogens is 4. The predicted molar refractivity (Wildman–Crippen MR) is 95.9 cm³/mol. The van der Waals surface area contributed by atoms with Gasteiger partial charge in [0.15, 0.2) is 9.84 Å². The Hall–Kier alpha value is -1.87. The second-order valence-corrected chi connectivity index (χ2v) is 9.06. The minimum Gasteiger partial charge on any atom is -0.322 e. The number of benzene rings is 2. The van der Waals surface area contributed by atoms with Crippen molar-refractivity contribution in [2.24, 2.45) is 0 Å². The zero-order valence-corrected chi connectivity index (χ0v) is 16.2. The monoisotopic (exact) mass is 449 g/mol. The van der Waals surface area contributed by atoms with Crippen molar-refractivity contribution in [2.75, 3.05) is 5.32 Å². The van der Waals surface area contributed by atoms with Crippen LogP contribution in [0.1, 0.15) is 29.8 Å². The highest BCUT2D eigenvalue weighted by Crippen LogP contribution is 2.36. The van der Waals surface area contributed by atoms with E-state index in [0.717, 1.165) is 12.1 Å². The van der Waals surface area contributed by atoms with Crippen LogP contribution < -0.4 is 5.32 Å². The highest BCUT2D eigenvalue weighted by Gasteiger charge is 2.33. The molecule has 9 heteroatoms. The third-order valence-corrected chi connectivity index (χ3v) is 6.49. The summed E-state index contributed by atoms with van der Waals surface area (Å²) in [6.07, 6.45) is -4.60. The van der Waals surface area contributed by atoms with Gasteiger partial charge in [-0.15, -0.1) is 0 Å². The molecule has 0 aliphatic heterocycles. The second-order valence-electron chi connectivity index (χ2n) is 5.74. The lowest BCUT2D eigenvalue weighted by molar-refractivity contribution is -0.138. The van der Waals surface area contributed by atoms with Crippen molar-refractivity contribution in [3.8, 4) is 0 Å². The molecule has 0 aliphatic carbocycles. The van der Waals surface area contributed by atoms with Crippen molar-refractivity contribution in [1.29, 1.82) is 0 Å². The summed E-state index contributed by atoms with van der Waals surface area (Å²) in [7, 11) is -3.73. The van der Waals surface area contributed by atoms with Crippen molar-refractivity contribution >= 4 is 37.4 Å². The molecule has 0 bridgehead atoms. The van der Waals surface area contributed by atoms with Crippen molar-refractivity contribution in [3.63, 3.8) is 0 Å². The molecule has 26 heavy (non-hydrogen) atoms. The number of nitrogens with one attached hydrogen (secondary N) is 1. The average Bonchev–Trinajstić information content (AvgIpc) is 2.55. The maximum Gasteiger partial charge on any atom is 0.417 e. The summed E-state index contributed by atoms with van der Waals surface area (Å²) in [5, 5.41) is 1.58. The van der Waals surface area contributed by atoms with E-state index >= 15 is 0 Å². The van der Waals surface area contributed by atoms with Crippen LogP contribution in [-0.4, -0.2) is 19.6 Å². The lowest BCUT2D eigenvalue weighted by Gasteiger charge is -2.14. The Balaban J connectivity index is 2.42. The van der Waals surface area contributed by atoms with Crippen molar-refractivity contribution in [2.45, 2.75) is 30.2 Å². The molecule has 0 atom stereocenters. The summed E-state index contributed by atoms with van der Waals surface area (Å²) in [5.74, 6) is -0.805. The topological polar surface area (TPSA) is 63.2 Å². The number of carbonyl (C=O) groups excluding carboxylic acids is 1. The molecule has 4 nitrogen and oxygen atoms in total. The lowest BCUT2D eigenvalue weighted by atomic mass is 10.1. The zero-order chi connectivity index (χ0) is 19.7. The fraction of sp³-hybridized carbons (Fsp3) is 0.235. The van der Waals surface area contributed by atoms with E-state index in [0.29, 0.717) is 0 Å². The molecule has 0 saturated carbocycles. The molecule has 2 aromatic carbocycles. The molecule has 0 radical (unpaired) electrons. The van der Waals surface area contributed by atoms with Crippen molar-refractivity contribution < 1.29 is 26.4 Å². The first-order valence-corrected chi connectivity index (χ1v) is 9.79. The number of carbonyl (C=O) groups is 1. The minimum absolute atomic E-state index is 0.0951. The molecule has 0 spiro atoms. The molecular weight excluding hydrogens is 435 g/mol. The second kappa shape index (κ2) is 7.40. The van der Waals surface area contributed by atoms with Gasteiger partial charge in [-0.05, 0) is 44.2 Å². The average molecular weight is 450 g/mol. The first-order valence-electron chi connectivity index (χ1n) is 7.45. The van der Waals surface area contributed by atoms with E-state index < -0.39 is 32.7 Å². The lowest BCUT2D eigenvalue weighted by Crippen LogP contribution is -2.21. The molecule has 0 aromatic heterocycles. The van der Waals surface area contributed by atoms with Crippen molar-refractivity contribution in [3.05, 3.63) is 58.1 Å². The summed E-state index contributed by atoms with van der Waals surface area (Å²) in [6.45, 7) is 2.96. The number of rotatable bonds is 4. The predicted octanol–water partition coefficient (Wildman–Crippen LogP) is 4.90. The maximum atomic E-state index is 13.0. The fourth-order valence-corrected chi connectivity index (χ4v) is 3.89. The largest absolute Gasteiger partial charge is 0.417 e. The van der Waals surface area contributed by atoms with Gasteiger partial charge in [-0.1, -0.05) is 28.1 Å². The SMILES string of the molecule is CC(C)S(=O)(=O)c1ccccc1C(=O)Nc1ccc(Br)c(C(F)(F)F)c1. The summed E-state index contributed by atoms with van der Waals surface area (Å²) in [6, 6.07) is 8.80. The Bertz CT molecular complexity index is 941. The van der Waals surface area contributed by atoms with E-state index in [1.54, 1.807) is 0 Å². The van der Waals surface area contributed by atoms with Gasteiger partial charge < -0.3 is 5.32 Å². The standard InChI is InChI=1S/C17H15BrF3NO3S/c1-10(2)26(24,25)15-6-4-3-5-12(15)16(23)22-11-7-8-14(18)13(9-11)17(19,20)21/h3-10H,1-2H3,(H,22,23). The van der Waals surface area contributed by atoms with E-state index in [1.807, 2.05) is 0 Å². The van der Waals surface area contributed by atoms with Crippen LogP contribution in [0.5, 0.6) is 0 Å². The Morgan fingerprint density at radius 3 is 2.31 bits per heavy atom. The van der Waals surface area contributed by atoms with Crippen LogP contribution in [0, 0.1) is 0 Å². The van der Waals surface area contributed by atoms with Gasteiger partial charge in [-0.25, -0.2) is 8.42 Å². The molecule has 2 rings (SSSR count). The van der Waals surface area contributed by atoms with Gasteiger partial charge in [0.2, 0.25) is 0 Å². The Labute approximate surface area is 157 Å². The molecule has 0 fully saturated rings. The normalized spacial score (nSPS) is 12.3. The molecule has 0 heterocycles. The van der Waals surface area contributed by atoms with Gasteiger partial charge in [0, 0.05) is 10.2 Å². The van der Waals surface area contributed by atoms with Gasteiger partial charge in [-0.2, -0.15) is 13.2 Å². The summed E-state index contributed by atoms with van der Waals surface area (Å²) < 4.78 is 63.6. The zero-order valence-electron chi connectivity index (χ0n) is 13.8. The Morgan fingerprint density at radius 2 is 1.73 bits per heavy atom. The van der Waals surface area contributed by atoms with E-state index in [1.165, 1.54) is 44.2 Å². The smallest absolute Gasteiger partial charge is 0.322 e. The van der Waals surface area contributed by atoms with E-state index in [9.17, 15) is 26.4 Å². The van der Waals surface area contributed by atoms with Crippen LogP contribution in [0.2, 0.25) is 0 Å². The number of hydrogen-bond acceptors (Lipinski definition) is 3. The first kappa shape index (κ1) is 20.4. The third-order valence-electron chi connectivity index (χ3n) is 3.59. The summed E-state index contributed by atoms with van der Waals surface area (Å²) in [4.78, 5) is 12.3. The molecule has 1 amide bonds. The molecule has 0 aliphatic rings. The number of amides is 1. The molecule has 1 N–H and O–H groups in total. The highest BCUT2D eigenvalue weighted by molar-refractivity contribution is 9.10. The fourth-order valence-electron chi connectivity index (χ4n) is 2.17. The van der Waals surface area contributed by atoms with Gasteiger partial charge in [0.25, 0.3) is 5.91 Å². The Kier molecular flexibility index (Phi) is 5.82. The highest BCUT2D eigenvalue weighted by atomic mass is 79.9. The van der Waals surface area contributed by atoms with E-state index in [2.05, 4.69) is 21.2 Å². The van der Waals surface area contributed by atoms with Crippen LogP contribution in [0.4, 0.5) is 18.9 Å². The first-order chi connectivity index (χ1) is 11.9. The van der Waals surface area contributed by atoms with E-state index in [4.69, 9.17) is 0 Å². The molecule has 0 saturated heterocycles. The molecular formula is C17H15BrF3NO3S. The quantitative estimate of drug-likeness (QED) is 0.721.